The van der Waals surface area contributed by atoms with Gasteiger partial charge in [-0.3, -0.25) is 9.59 Å². The lowest BCUT2D eigenvalue weighted by atomic mass is 9.90. The minimum atomic E-state index is -1.53. The standard InChI is InChI=1S/C37H39FN2O7.C29H33FN2O5/c1-24(41)22-46-32-14-11-27(19-33(32)45-3)31(42)15-16-36(2,44)34-21-28(20-30(39-34)26-9-12-29(38)13-10-26)37(17-18-37)40-35(43)47-23-25-7-5-4-6-8-25;1-18(33)17-37-25-9-6-20(14-26(25)36-3)24(34)10-11-28(2,35)27-16-21(29(31)12-13-29)15-23(32-27)19-4-7-22(30)8-5-19/h4-14,19-21,24,41,44H,15-18,22-23H2,1-3H3,(H,40,43);4-9,14-16,18,33,35H,10-13,17,31H2,1-3H3/t24-,36?;18-,28?/m11/s1. The number of carbonyl (C=O) groups is 3. The van der Waals surface area contributed by atoms with Crippen LogP contribution in [0.4, 0.5) is 13.6 Å². The zero-order chi connectivity index (χ0) is 60.4. The summed E-state index contributed by atoms with van der Waals surface area (Å²) >= 11 is 0. The van der Waals surface area contributed by atoms with Crippen LogP contribution in [0.25, 0.3) is 22.5 Å². The van der Waals surface area contributed by atoms with Crippen LogP contribution in [-0.2, 0) is 33.6 Å². The normalized spacial score (nSPS) is 15.8. The van der Waals surface area contributed by atoms with Crippen LogP contribution in [0.1, 0.15) is 128 Å². The van der Waals surface area contributed by atoms with Crippen LogP contribution in [-0.4, -0.2) is 87.7 Å². The highest BCUT2D eigenvalue weighted by Crippen LogP contribution is 2.48. The average Bonchev–Trinajstić information content (AvgIpc) is 3.89. The number of carbonyl (C=O) groups excluding carboxylic acids is 3. The summed E-state index contributed by atoms with van der Waals surface area (Å²) in [6, 6.07) is 38.2. The lowest BCUT2D eigenvalue weighted by molar-refractivity contribution is 0.0395. The molecule has 0 spiro atoms. The third-order valence-electron chi connectivity index (χ3n) is 14.9. The molecule has 84 heavy (non-hydrogen) atoms. The van der Waals surface area contributed by atoms with Crippen molar-refractivity contribution < 1.29 is 67.3 Å². The molecule has 0 radical (unpaired) electrons. The first-order valence-electron chi connectivity index (χ1n) is 27.8. The molecule has 1 amide bonds. The van der Waals surface area contributed by atoms with Gasteiger partial charge in [-0.2, -0.15) is 0 Å². The van der Waals surface area contributed by atoms with Gasteiger partial charge in [0.05, 0.1) is 54.7 Å². The Balaban J connectivity index is 0.000000225. The van der Waals surface area contributed by atoms with E-state index in [1.54, 1.807) is 94.4 Å². The molecule has 7 N–H and O–H groups in total. The highest BCUT2D eigenvalue weighted by atomic mass is 19.1. The molecule has 16 nitrogen and oxygen atoms in total. The minimum absolute atomic E-state index is 0.00295. The number of aliphatic hydroxyl groups excluding tert-OH is 2. The number of methoxy groups -OCH3 is 2. The molecule has 2 saturated carbocycles. The Morgan fingerprint density at radius 3 is 1.46 bits per heavy atom. The van der Waals surface area contributed by atoms with E-state index in [9.17, 15) is 43.6 Å². The number of ether oxygens (including phenoxy) is 5. The van der Waals surface area contributed by atoms with Crippen molar-refractivity contribution in [3.8, 4) is 45.5 Å². The van der Waals surface area contributed by atoms with Gasteiger partial charge in [0.2, 0.25) is 0 Å². The number of aliphatic hydroxyl groups is 4. The van der Waals surface area contributed by atoms with E-state index >= 15 is 0 Å². The van der Waals surface area contributed by atoms with Gasteiger partial charge in [0, 0.05) is 40.6 Å². The average molecular weight is 1150 g/mol. The molecule has 2 aliphatic rings. The Hall–Kier alpha value is -8.13. The lowest BCUT2D eigenvalue weighted by Crippen LogP contribution is -2.36. The predicted molar refractivity (Wildman–Crippen MR) is 312 cm³/mol. The van der Waals surface area contributed by atoms with Gasteiger partial charge in [-0.05, 0) is 192 Å². The molecule has 2 fully saturated rings. The van der Waals surface area contributed by atoms with Crippen molar-refractivity contribution in [2.45, 2.75) is 120 Å². The van der Waals surface area contributed by atoms with Crippen LogP contribution in [0, 0.1) is 11.6 Å². The van der Waals surface area contributed by atoms with Crippen molar-refractivity contribution in [3.05, 3.63) is 190 Å². The van der Waals surface area contributed by atoms with Gasteiger partial charge in [0.1, 0.15) is 42.7 Å². The Kier molecular flexibility index (Phi) is 19.6. The van der Waals surface area contributed by atoms with E-state index in [2.05, 4.69) is 10.3 Å². The van der Waals surface area contributed by atoms with E-state index in [-0.39, 0.29) is 62.9 Å². The van der Waals surface area contributed by atoms with Gasteiger partial charge in [-0.1, -0.05) is 30.3 Å². The number of halogens is 2. The lowest BCUT2D eigenvalue weighted by Gasteiger charge is -2.26. The Labute approximate surface area is 487 Å². The van der Waals surface area contributed by atoms with Crippen molar-refractivity contribution in [1.82, 2.24) is 15.3 Å². The summed E-state index contributed by atoms with van der Waals surface area (Å²) < 4.78 is 54.5. The first kappa shape index (κ1) is 61.9. The van der Waals surface area contributed by atoms with E-state index in [0.717, 1.165) is 29.5 Å². The first-order valence-corrected chi connectivity index (χ1v) is 27.8. The summed E-state index contributed by atoms with van der Waals surface area (Å²) in [5, 5.41) is 45.1. The maximum atomic E-state index is 13.8. The van der Waals surface area contributed by atoms with Crippen molar-refractivity contribution in [2.75, 3.05) is 27.4 Å². The molecule has 4 atom stereocenters. The zero-order valence-corrected chi connectivity index (χ0v) is 48.0. The Bertz CT molecular complexity index is 3420. The van der Waals surface area contributed by atoms with E-state index in [1.165, 1.54) is 38.5 Å². The highest BCUT2D eigenvalue weighted by Gasteiger charge is 2.47. The SMILES string of the molecule is COc1cc(C(=O)CCC(C)(O)c2cc(C3(N)CC3)cc(-c3ccc(F)cc3)n2)ccc1OC[C@@H](C)O.COc1cc(C(=O)CCC(C)(O)c2cc(C3(NC(=O)OCc4ccccc4)CC3)cc(-c3ccc(F)cc3)n2)ccc1OC[C@@H](C)O. The van der Waals surface area contributed by atoms with Gasteiger partial charge in [-0.25, -0.2) is 23.5 Å². The van der Waals surface area contributed by atoms with Gasteiger partial charge in [0.15, 0.2) is 34.6 Å². The number of nitrogens with one attached hydrogen (secondary N) is 1. The number of aromatic nitrogens is 2. The molecule has 0 bridgehead atoms. The number of Topliss-reactive ketones (excluding diaryl/α,β-unsaturated/α-hetero) is 2. The van der Waals surface area contributed by atoms with Crippen molar-refractivity contribution in [2.24, 2.45) is 5.73 Å². The number of benzene rings is 5. The number of amides is 1. The van der Waals surface area contributed by atoms with E-state index in [1.807, 2.05) is 48.5 Å². The number of nitrogens with zero attached hydrogens (tertiary/aromatic N) is 2. The molecule has 9 rings (SSSR count). The molecule has 0 saturated heterocycles. The fraction of sp³-hybridized carbons (Fsp3) is 0.348. The summed E-state index contributed by atoms with van der Waals surface area (Å²) in [6.45, 7) is 6.73. The maximum absolute atomic E-state index is 13.8. The number of hydrogen-bond donors (Lipinski definition) is 6. The van der Waals surface area contributed by atoms with Crippen molar-refractivity contribution >= 4 is 17.7 Å². The third kappa shape index (κ3) is 16.1. The number of hydrogen-bond acceptors (Lipinski definition) is 15. The number of pyridine rings is 2. The first-order chi connectivity index (χ1) is 40.0. The second-order valence-electron chi connectivity index (χ2n) is 22.1. The number of nitrogens with two attached hydrogens (primary N) is 1. The summed E-state index contributed by atoms with van der Waals surface area (Å²) in [4.78, 5) is 48.5. The summed E-state index contributed by atoms with van der Waals surface area (Å²) in [6.07, 6.45) is 1.33. The van der Waals surface area contributed by atoms with Crippen LogP contribution in [0.15, 0.2) is 140 Å². The number of alkyl carbamates (subject to hydrolysis) is 1. The molecule has 2 heterocycles. The number of ketones is 2. The summed E-state index contributed by atoms with van der Waals surface area (Å²) in [5.74, 6) is 0.434. The van der Waals surface area contributed by atoms with E-state index in [4.69, 9.17) is 34.4 Å². The van der Waals surface area contributed by atoms with Gasteiger partial charge < -0.3 is 55.2 Å². The number of rotatable bonds is 25. The van der Waals surface area contributed by atoms with Crippen LogP contribution in [0.5, 0.6) is 23.0 Å². The fourth-order valence-corrected chi connectivity index (χ4v) is 9.30. The van der Waals surface area contributed by atoms with Gasteiger partial charge in [0.25, 0.3) is 0 Å². The Morgan fingerprint density at radius 1 is 0.607 bits per heavy atom. The molecule has 2 aliphatic carbocycles. The quantitative estimate of drug-likeness (QED) is 0.0292. The molecule has 7 aromatic rings. The largest absolute Gasteiger partial charge is 0.493 e. The van der Waals surface area contributed by atoms with Crippen LogP contribution >= 0.6 is 0 Å². The van der Waals surface area contributed by atoms with E-state index < -0.39 is 46.4 Å². The maximum Gasteiger partial charge on any atom is 0.408 e. The topological polar surface area (TPSA) is 242 Å². The molecular formula is C66H72F2N4O12. The molecule has 2 unspecified atom stereocenters. The molecule has 5 aromatic carbocycles. The van der Waals surface area contributed by atoms with Crippen molar-refractivity contribution in [3.63, 3.8) is 0 Å². The molecule has 18 heteroatoms. The van der Waals surface area contributed by atoms with Gasteiger partial charge >= 0.3 is 6.09 Å². The minimum Gasteiger partial charge on any atom is -0.493 e. The van der Waals surface area contributed by atoms with Crippen LogP contribution in [0.3, 0.4) is 0 Å². The molecule has 0 aliphatic heterocycles. The van der Waals surface area contributed by atoms with E-state index in [0.29, 0.717) is 80.9 Å². The predicted octanol–water partition coefficient (Wildman–Crippen LogP) is 10.9. The molecule has 2 aromatic heterocycles. The zero-order valence-electron chi connectivity index (χ0n) is 48.0. The molecule has 442 valence electrons. The highest BCUT2D eigenvalue weighted by molar-refractivity contribution is 5.97. The summed E-state index contributed by atoms with van der Waals surface area (Å²) in [5.41, 5.74) is 8.74. The van der Waals surface area contributed by atoms with Crippen molar-refractivity contribution in [1.29, 1.82) is 0 Å². The fourth-order valence-electron chi connectivity index (χ4n) is 9.30. The molecular weight excluding hydrogens is 1080 g/mol. The van der Waals surface area contributed by atoms with Crippen LogP contribution < -0.4 is 30.0 Å². The van der Waals surface area contributed by atoms with Gasteiger partial charge in [-0.15, -0.1) is 0 Å². The van der Waals surface area contributed by atoms with Crippen LogP contribution in [0.2, 0.25) is 0 Å². The smallest absolute Gasteiger partial charge is 0.408 e. The second kappa shape index (κ2) is 26.6. The monoisotopic (exact) mass is 1150 g/mol. The summed E-state index contributed by atoms with van der Waals surface area (Å²) in [7, 11) is 2.94. The third-order valence-corrected chi connectivity index (χ3v) is 14.9. The Morgan fingerprint density at radius 2 is 1.05 bits per heavy atom. The second-order valence-corrected chi connectivity index (χ2v) is 22.1.